The molecular weight excluding hydrogens is 359 g/mol. The Morgan fingerprint density at radius 1 is 1.17 bits per heavy atom. The van der Waals surface area contributed by atoms with Crippen LogP contribution in [0, 0.1) is 12.7 Å². The van der Waals surface area contributed by atoms with E-state index in [1.54, 1.807) is 12.1 Å². The van der Waals surface area contributed by atoms with Crippen LogP contribution in [0.2, 0.25) is 0 Å². The summed E-state index contributed by atoms with van der Waals surface area (Å²) in [6.07, 6.45) is 2.23. The highest BCUT2D eigenvalue weighted by atomic mass is 79.9. The van der Waals surface area contributed by atoms with Crippen molar-refractivity contribution in [1.29, 1.82) is 0 Å². The molecule has 5 heteroatoms. The van der Waals surface area contributed by atoms with E-state index in [4.69, 9.17) is 4.74 Å². The molecule has 2 heterocycles. The molecule has 0 bridgehead atoms. The van der Waals surface area contributed by atoms with Gasteiger partial charge in [-0.2, -0.15) is 0 Å². The van der Waals surface area contributed by atoms with Crippen LogP contribution >= 0.6 is 15.9 Å². The van der Waals surface area contributed by atoms with E-state index in [0.717, 1.165) is 47.5 Å². The molecule has 1 aliphatic rings. The molecule has 1 saturated heterocycles. The number of halogens is 2. The van der Waals surface area contributed by atoms with E-state index in [9.17, 15) is 4.39 Å². The molecule has 0 radical (unpaired) electrons. The van der Waals surface area contributed by atoms with Crippen molar-refractivity contribution in [1.82, 2.24) is 4.98 Å². The molecule has 122 valence electrons. The Morgan fingerprint density at radius 3 is 2.52 bits per heavy atom. The normalized spacial score (nSPS) is 15.9. The number of ether oxygens (including phenoxy) is 1. The van der Waals surface area contributed by atoms with Gasteiger partial charge >= 0.3 is 0 Å². The summed E-state index contributed by atoms with van der Waals surface area (Å²) < 4.78 is 19.9. The fourth-order valence-corrected chi connectivity index (χ4v) is 2.97. The van der Waals surface area contributed by atoms with E-state index >= 15 is 0 Å². The van der Waals surface area contributed by atoms with E-state index < -0.39 is 0 Å². The van der Waals surface area contributed by atoms with Crippen LogP contribution in [0.25, 0.3) is 0 Å². The Hall–Kier alpha value is -1.46. The first-order valence-electron chi connectivity index (χ1n) is 7.86. The first-order valence-corrected chi connectivity index (χ1v) is 8.65. The van der Waals surface area contributed by atoms with Crippen LogP contribution in [0.5, 0.6) is 0 Å². The monoisotopic (exact) mass is 378 g/mol. The SMILES string of the molecule is Cc1nc(N2CCC(OCc3ccc(F)cc3)CC2)ccc1Br. The molecule has 0 aliphatic carbocycles. The molecule has 0 N–H and O–H groups in total. The Labute approximate surface area is 144 Å². The number of aryl methyl sites for hydroxylation is 1. The zero-order chi connectivity index (χ0) is 16.2. The van der Waals surface area contributed by atoms with E-state index in [-0.39, 0.29) is 11.9 Å². The predicted molar refractivity (Wildman–Crippen MR) is 93.1 cm³/mol. The van der Waals surface area contributed by atoms with Crippen molar-refractivity contribution >= 4 is 21.7 Å². The van der Waals surface area contributed by atoms with Gasteiger partial charge in [-0.1, -0.05) is 12.1 Å². The lowest BCUT2D eigenvalue weighted by Crippen LogP contribution is -2.37. The van der Waals surface area contributed by atoms with Crippen molar-refractivity contribution in [3.63, 3.8) is 0 Å². The number of piperidine rings is 1. The molecule has 2 aromatic rings. The maximum Gasteiger partial charge on any atom is 0.128 e. The largest absolute Gasteiger partial charge is 0.373 e. The molecule has 0 unspecified atom stereocenters. The van der Waals surface area contributed by atoms with Crippen molar-refractivity contribution in [2.75, 3.05) is 18.0 Å². The quantitative estimate of drug-likeness (QED) is 0.784. The topological polar surface area (TPSA) is 25.4 Å². The first-order chi connectivity index (χ1) is 11.1. The lowest BCUT2D eigenvalue weighted by atomic mass is 10.1. The maximum atomic E-state index is 12.9. The summed E-state index contributed by atoms with van der Waals surface area (Å²) in [4.78, 5) is 6.93. The van der Waals surface area contributed by atoms with E-state index in [2.05, 4.69) is 37.9 Å². The van der Waals surface area contributed by atoms with Gasteiger partial charge in [-0.15, -0.1) is 0 Å². The lowest BCUT2D eigenvalue weighted by molar-refractivity contribution is 0.0250. The van der Waals surface area contributed by atoms with E-state index in [0.29, 0.717) is 6.61 Å². The molecule has 3 nitrogen and oxygen atoms in total. The fraction of sp³-hybridized carbons (Fsp3) is 0.389. The van der Waals surface area contributed by atoms with Crippen LogP contribution in [0.4, 0.5) is 10.2 Å². The Bertz CT molecular complexity index is 655. The molecule has 0 amide bonds. The second-order valence-corrected chi connectivity index (χ2v) is 6.71. The van der Waals surface area contributed by atoms with Crippen molar-refractivity contribution in [2.24, 2.45) is 0 Å². The van der Waals surface area contributed by atoms with Gasteiger partial charge in [0.05, 0.1) is 18.4 Å². The predicted octanol–water partition coefficient (Wildman–Crippen LogP) is 4.48. The summed E-state index contributed by atoms with van der Waals surface area (Å²) >= 11 is 3.49. The number of anilines is 1. The number of nitrogens with zero attached hydrogens (tertiary/aromatic N) is 2. The number of benzene rings is 1. The minimum absolute atomic E-state index is 0.209. The zero-order valence-corrected chi connectivity index (χ0v) is 14.7. The van der Waals surface area contributed by atoms with Gasteiger partial charge < -0.3 is 9.64 Å². The second kappa shape index (κ2) is 7.41. The minimum Gasteiger partial charge on any atom is -0.373 e. The van der Waals surface area contributed by atoms with Crippen molar-refractivity contribution in [3.05, 3.63) is 57.9 Å². The smallest absolute Gasteiger partial charge is 0.128 e. The average molecular weight is 379 g/mol. The summed E-state index contributed by atoms with van der Waals surface area (Å²) in [5.41, 5.74) is 2.02. The molecule has 0 atom stereocenters. The van der Waals surface area contributed by atoms with Gasteiger partial charge in [-0.05, 0) is 65.5 Å². The summed E-state index contributed by atoms with van der Waals surface area (Å²) in [5, 5.41) is 0. The molecule has 23 heavy (non-hydrogen) atoms. The standard InChI is InChI=1S/C18H20BrFN2O/c1-13-17(19)6-7-18(21-13)22-10-8-16(9-11-22)23-12-14-2-4-15(20)5-3-14/h2-7,16H,8-12H2,1H3. The summed E-state index contributed by atoms with van der Waals surface area (Å²) in [6, 6.07) is 10.6. The van der Waals surface area contributed by atoms with Crippen LogP contribution in [-0.2, 0) is 11.3 Å². The molecular formula is C18H20BrFN2O. The number of hydrogen-bond acceptors (Lipinski definition) is 3. The van der Waals surface area contributed by atoms with Gasteiger partial charge in [0.15, 0.2) is 0 Å². The third-order valence-corrected chi connectivity index (χ3v) is 5.01. The first kappa shape index (κ1) is 16.4. The number of rotatable bonds is 4. The van der Waals surface area contributed by atoms with Crippen LogP contribution in [0.1, 0.15) is 24.1 Å². The molecule has 1 aromatic heterocycles. The second-order valence-electron chi connectivity index (χ2n) is 5.86. The fourth-order valence-electron chi connectivity index (χ4n) is 2.75. The molecule has 1 aliphatic heterocycles. The van der Waals surface area contributed by atoms with Crippen molar-refractivity contribution < 1.29 is 9.13 Å². The van der Waals surface area contributed by atoms with Gasteiger partial charge in [0.25, 0.3) is 0 Å². The van der Waals surface area contributed by atoms with Crippen LogP contribution < -0.4 is 4.90 Å². The Kier molecular flexibility index (Phi) is 5.28. The highest BCUT2D eigenvalue weighted by Crippen LogP contribution is 2.23. The third-order valence-electron chi connectivity index (χ3n) is 4.17. The molecule has 1 fully saturated rings. The molecule has 1 aromatic carbocycles. The van der Waals surface area contributed by atoms with Crippen molar-refractivity contribution in [2.45, 2.75) is 32.5 Å². The number of aromatic nitrogens is 1. The molecule has 3 rings (SSSR count). The van der Waals surface area contributed by atoms with Crippen LogP contribution in [-0.4, -0.2) is 24.2 Å². The number of pyridine rings is 1. The van der Waals surface area contributed by atoms with Gasteiger partial charge in [-0.25, -0.2) is 9.37 Å². The summed E-state index contributed by atoms with van der Waals surface area (Å²) in [5.74, 6) is 0.821. The van der Waals surface area contributed by atoms with Crippen LogP contribution in [0.3, 0.4) is 0 Å². The average Bonchev–Trinajstić information content (AvgIpc) is 2.57. The van der Waals surface area contributed by atoms with Gasteiger partial charge in [0, 0.05) is 17.6 Å². The molecule has 0 saturated carbocycles. The van der Waals surface area contributed by atoms with Gasteiger partial charge in [-0.3, -0.25) is 0 Å². The van der Waals surface area contributed by atoms with Gasteiger partial charge in [0.1, 0.15) is 11.6 Å². The highest BCUT2D eigenvalue weighted by molar-refractivity contribution is 9.10. The minimum atomic E-state index is -0.209. The maximum absolute atomic E-state index is 12.9. The third kappa shape index (κ3) is 4.30. The zero-order valence-electron chi connectivity index (χ0n) is 13.1. The van der Waals surface area contributed by atoms with E-state index in [1.165, 1.54) is 12.1 Å². The summed E-state index contributed by atoms with van der Waals surface area (Å²) in [6.45, 7) is 4.44. The van der Waals surface area contributed by atoms with Gasteiger partial charge in [0.2, 0.25) is 0 Å². The Balaban J connectivity index is 1.50. The highest BCUT2D eigenvalue weighted by Gasteiger charge is 2.21. The lowest BCUT2D eigenvalue weighted by Gasteiger charge is -2.33. The van der Waals surface area contributed by atoms with E-state index in [1.807, 2.05) is 6.92 Å². The number of hydrogen-bond donors (Lipinski definition) is 0. The van der Waals surface area contributed by atoms with Crippen molar-refractivity contribution in [3.8, 4) is 0 Å². The summed E-state index contributed by atoms with van der Waals surface area (Å²) in [7, 11) is 0. The Morgan fingerprint density at radius 2 is 1.87 bits per heavy atom. The molecule has 0 spiro atoms. The van der Waals surface area contributed by atoms with Crippen LogP contribution in [0.15, 0.2) is 40.9 Å².